The predicted molar refractivity (Wildman–Crippen MR) is 93.2 cm³/mol. The zero-order valence-corrected chi connectivity index (χ0v) is 13.7. The maximum Gasteiger partial charge on any atom is 0.257 e. The third-order valence-electron chi connectivity index (χ3n) is 3.66. The van der Waals surface area contributed by atoms with E-state index in [0.717, 1.165) is 11.3 Å². The number of anilines is 1. The van der Waals surface area contributed by atoms with Crippen LogP contribution < -0.4 is 10.6 Å². The fourth-order valence-electron chi connectivity index (χ4n) is 2.28. The van der Waals surface area contributed by atoms with Gasteiger partial charge in [0.25, 0.3) is 11.8 Å². The Bertz CT molecular complexity index is 888. The minimum absolute atomic E-state index is 0.269. The molecule has 1 aromatic carbocycles. The number of furan rings is 1. The molecule has 6 heteroatoms. The van der Waals surface area contributed by atoms with Gasteiger partial charge in [-0.3, -0.25) is 14.6 Å². The molecule has 2 amide bonds. The number of carbonyl (C=O) groups excluding carboxylic acids is 2. The first-order chi connectivity index (χ1) is 12.1. The normalized spacial score (nSPS) is 10.3. The Labute approximate surface area is 144 Å². The fraction of sp³-hybridized carbons (Fsp3) is 0.105. The second kappa shape index (κ2) is 7.44. The van der Waals surface area contributed by atoms with Gasteiger partial charge >= 0.3 is 0 Å². The molecule has 0 unspecified atom stereocenters. The number of pyridine rings is 1. The lowest BCUT2D eigenvalue weighted by atomic mass is 10.1. The molecule has 0 aliphatic rings. The summed E-state index contributed by atoms with van der Waals surface area (Å²) in [6, 6.07) is 12.5. The summed E-state index contributed by atoms with van der Waals surface area (Å²) in [7, 11) is 0. The Morgan fingerprint density at radius 1 is 1.04 bits per heavy atom. The van der Waals surface area contributed by atoms with E-state index in [4.69, 9.17) is 4.42 Å². The molecule has 3 aromatic rings. The van der Waals surface area contributed by atoms with Gasteiger partial charge in [-0.25, -0.2) is 0 Å². The quantitative estimate of drug-likeness (QED) is 0.750. The molecule has 0 atom stereocenters. The first-order valence-corrected chi connectivity index (χ1v) is 7.76. The predicted octanol–water partition coefficient (Wildman–Crippen LogP) is 3.17. The number of hydrogen-bond acceptors (Lipinski definition) is 4. The number of aromatic nitrogens is 1. The Kier molecular flexibility index (Phi) is 4.89. The number of nitrogens with zero attached hydrogens (tertiary/aromatic N) is 1. The minimum atomic E-state index is -0.325. The van der Waals surface area contributed by atoms with Gasteiger partial charge in [-0.1, -0.05) is 18.2 Å². The molecule has 0 spiro atoms. The van der Waals surface area contributed by atoms with Crippen LogP contribution in [0.3, 0.4) is 0 Å². The van der Waals surface area contributed by atoms with E-state index < -0.39 is 0 Å². The highest BCUT2D eigenvalue weighted by atomic mass is 16.3. The van der Waals surface area contributed by atoms with Gasteiger partial charge in [-0.2, -0.15) is 0 Å². The van der Waals surface area contributed by atoms with Gasteiger partial charge in [0.2, 0.25) is 0 Å². The van der Waals surface area contributed by atoms with Crippen LogP contribution in [0.25, 0.3) is 0 Å². The Morgan fingerprint density at radius 2 is 1.80 bits per heavy atom. The molecule has 0 aliphatic heterocycles. The van der Waals surface area contributed by atoms with Crippen molar-refractivity contribution in [3.63, 3.8) is 0 Å². The van der Waals surface area contributed by atoms with Gasteiger partial charge in [-0.05, 0) is 36.8 Å². The number of para-hydroxylation sites is 1. The van der Waals surface area contributed by atoms with E-state index in [1.54, 1.807) is 18.4 Å². The van der Waals surface area contributed by atoms with Crippen LogP contribution in [-0.2, 0) is 6.54 Å². The summed E-state index contributed by atoms with van der Waals surface area (Å²) in [6.07, 6.45) is 4.39. The van der Waals surface area contributed by atoms with E-state index in [1.807, 2.05) is 31.2 Å². The molecular formula is C19H17N3O3. The molecule has 0 bridgehead atoms. The van der Waals surface area contributed by atoms with Gasteiger partial charge in [0.1, 0.15) is 5.76 Å². The van der Waals surface area contributed by atoms with E-state index in [2.05, 4.69) is 15.6 Å². The van der Waals surface area contributed by atoms with Crippen LogP contribution in [0.1, 0.15) is 32.0 Å². The fourth-order valence-corrected chi connectivity index (χ4v) is 2.28. The standard InChI is InChI=1S/C19H17N3O3/c1-13-5-2-3-7-17(13)22-19(24)15-9-14(10-20-11-15)18(23)21-12-16-6-4-8-25-16/h2-11H,12H2,1H3,(H,21,23)(H,22,24). The van der Waals surface area contributed by atoms with Crippen molar-refractivity contribution in [2.75, 3.05) is 5.32 Å². The molecular weight excluding hydrogens is 318 g/mol. The van der Waals surface area contributed by atoms with Crippen LogP contribution >= 0.6 is 0 Å². The number of rotatable bonds is 5. The second-order valence-corrected chi connectivity index (χ2v) is 5.49. The zero-order valence-electron chi connectivity index (χ0n) is 13.7. The molecule has 0 aliphatic carbocycles. The highest BCUT2D eigenvalue weighted by Gasteiger charge is 2.12. The van der Waals surface area contributed by atoms with Crippen molar-refractivity contribution in [1.29, 1.82) is 0 Å². The van der Waals surface area contributed by atoms with Gasteiger partial charge in [0.05, 0.1) is 23.9 Å². The number of benzene rings is 1. The van der Waals surface area contributed by atoms with Gasteiger partial charge in [-0.15, -0.1) is 0 Å². The molecule has 25 heavy (non-hydrogen) atoms. The summed E-state index contributed by atoms with van der Waals surface area (Å²) in [4.78, 5) is 28.6. The van der Waals surface area contributed by atoms with Crippen LogP contribution in [0.5, 0.6) is 0 Å². The van der Waals surface area contributed by atoms with E-state index in [9.17, 15) is 9.59 Å². The van der Waals surface area contributed by atoms with Crippen molar-refractivity contribution in [2.24, 2.45) is 0 Å². The lowest BCUT2D eigenvalue weighted by Crippen LogP contribution is -2.23. The summed E-state index contributed by atoms with van der Waals surface area (Å²) >= 11 is 0. The SMILES string of the molecule is Cc1ccccc1NC(=O)c1cncc(C(=O)NCc2ccco2)c1. The Morgan fingerprint density at radius 3 is 2.52 bits per heavy atom. The van der Waals surface area contributed by atoms with Gasteiger partial charge in [0.15, 0.2) is 0 Å². The summed E-state index contributed by atoms with van der Waals surface area (Å²) in [5, 5.41) is 5.54. The number of carbonyl (C=O) groups is 2. The monoisotopic (exact) mass is 335 g/mol. The third kappa shape index (κ3) is 4.11. The molecule has 0 radical (unpaired) electrons. The highest BCUT2D eigenvalue weighted by Crippen LogP contribution is 2.15. The lowest BCUT2D eigenvalue weighted by Gasteiger charge is -2.09. The van der Waals surface area contributed by atoms with Gasteiger partial charge in [0, 0.05) is 18.1 Å². The Hall–Kier alpha value is -3.41. The van der Waals surface area contributed by atoms with E-state index in [1.165, 1.54) is 18.5 Å². The van der Waals surface area contributed by atoms with Crippen LogP contribution in [0.2, 0.25) is 0 Å². The first kappa shape index (κ1) is 16.4. The highest BCUT2D eigenvalue weighted by molar-refractivity contribution is 6.06. The molecule has 0 saturated carbocycles. The summed E-state index contributed by atoms with van der Waals surface area (Å²) in [5.41, 5.74) is 2.30. The molecule has 0 fully saturated rings. The average Bonchev–Trinajstić information content (AvgIpc) is 3.15. The summed E-state index contributed by atoms with van der Waals surface area (Å²) < 4.78 is 5.16. The third-order valence-corrected chi connectivity index (χ3v) is 3.66. The number of amides is 2. The molecule has 2 heterocycles. The molecule has 6 nitrogen and oxygen atoms in total. The molecule has 2 aromatic heterocycles. The van der Waals surface area contributed by atoms with Crippen LogP contribution in [0.4, 0.5) is 5.69 Å². The number of nitrogens with one attached hydrogen (secondary N) is 2. The number of hydrogen-bond donors (Lipinski definition) is 2. The topological polar surface area (TPSA) is 84.2 Å². The maximum absolute atomic E-state index is 12.4. The lowest BCUT2D eigenvalue weighted by molar-refractivity contribution is 0.0947. The second-order valence-electron chi connectivity index (χ2n) is 5.49. The smallest absolute Gasteiger partial charge is 0.257 e. The van der Waals surface area contributed by atoms with Crippen LogP contribution in [-0.4, -0.2) is 16.8 Å². The van der Waals surface area contributed by atoms with Crippen LogP contribution in [0.15, 0.2) is 65.5 Å². The van der Waals surface area contributed by atoms with E-state index in [0.29, 0.717) is 16.9 Å². The summed E-state index contributed by atoms with van der Waals surface area (Å²) in [5.74, 6) is 0.00619. The molecule has 126 valence electrons. The van der Waals surface area contributed by atoms with Crippen molar-refractivity contribution >= 4 is 17.5 Å². The molecule has 3 rings (SSSR count). The first-order valence-electron chi connectivity index (χ1n) is 7.76. The maximum atomic E-state index is 12.4. The largest absolute Gasteiger partial charge is 0.467 e. The Balaban J connectivity index is 1.69. The zero-order chi connectivity index (χ0) is 17.6. The van der Waals surface area contributed by atoms with Crippen molar-refractivity contribution < 1.29 is 14.0 Å². The summed E-state index contributed by atoms with van der Waals surface area (Å²) in [6.45, 7) is 2.18. The van der Waals surface area contributed by atoms with E-state index >= 15 is 0 Å². The molecule has 2 N–H and O–H groups in total. The number of aryl methyl sites for hydroxylation is 1. The van der Waals surface area contributed by atoms with Crippen molar-refractivity contribution in [3.05, 3.63) is 83.6 Å². The van der Waals surface area contributed by atoms with Crippen LogP contribution in [0, 0.1) is 6.92 Å². The average molecular weight is 335 g/mol. The van der Waals surface area contributed by atoms with E-state index in [-0.39, 0.29) is 18.4 Å². The van der Waals surface area contributed by atoms with Crippen molar-refractivity contribution in [1.82, 2.24) is 10.3 Å². The molecule has 0 saturated heterocycles. The van der Waals surface area contributed by atoms with Gasteiger partial charge < -0.3 is 15.1 Å². The van der Waals surface area contributed by atoms with Crippen molar-refractivity contribution in [2.45, 2.75) is 13.5 Å². The minimum Gasteiger partial charge on any atom is -0.467 e. The van der Waals surface area contributed by atoms with Crippen molar-refractivity contribution in [3.8, 4) is 0 Å².